The first-order valence-electron chi connectivity index (χ1n) is 7.68. The standard InChI is InChI=1S/C16H21N3O2S/c1-11-14(19-16(21-11)13-4-6-22-10-13)7-15(20)18-9-12-3-2-5-17-8-12/h4,6,10,12,17H,2-3,5,7-9H2,1H3,(H,18,20). The number of hydrogen-bond donors (Lipinski definition) is 2. The summed E-state index contributed by atoms with van der Waals surface area (Å²) in [7, 11) is 0. The average Bonchev–Trinajstić information content (AvgIpc) is 3.17. The van der Waals surface area contributed by atoms with Crippen molar-refractivity contribution in [3.05, 3.63) is 28.3 Å². The van der Waals surface area contributed by atoms with E-state index in [0.717, 1.165) is 36.7 Å². The summed E-state index contributed by atoms with van der Waals surface area (Å²) in [5.41, 5.74) is 1.69. The molecule has 1 aliphatic heterocycles. The van der Waals surface area contributed by atoms with E-state index in [1.54, 1.807) is 11.3 Å². The van der Waals surface area contributed by atoms with Gasteiger partial charge in [0, 0.05) is 17.5 Å². The van der Waals surface area contributed by atoms with E-state index < -0.39 is 0 Å². The van der Waals surface area contributed by atoms with E-state index in [1.165, 1.54) is 12.8 Å². The zero-order valence-corrected chi connectivity index (χ0v) is 13.5. The number of amides is 1. The van der Waals surface area contributed by atoms with E-state index in [9.17, 15) is 4.79 Å². The molecule has 1 atom stereocenters. The summed E-state index contributed by atoms with van der Waals surface area (Å²) in [6, 6.07) is 1.97. The first kappa shape index (κ1) is 15.2. The van der Waals surface area contributed by atoms with Crippen LogP contribution in [0.4, 0.5) is 0 Å². The molecule has 3 heterocycles. The molecular formula is C16H21N3O2S. The number of hydrogen-bond acceptors (Lipinski definition) is 5. The summed E-state index contributed by atoms with van der Waals surface area (Å²) in [5, 5.41) is 10.3. The maximum absolute atomic E-state index is 12.1. The van der Waals surface area contributed by atoms with Gasteiger partial charge in [-0.25, -0.2) is 4.98 Å². The van der Waals surface area contributed by atoms with Crippen molar-refractivity contribution in [3.8, 4) is 11.5 Å². The third-order valence-electron chi connectivity index (χ3n) is 3.98. The fourth-order valence-electron chi connectivity index (χ4n) is 2.67. The minimum atomic E-state index is 0.0128. The molecule has 0 saturated carbocycles. The summed E-state index contributed by atoms with van der Waals surface area (Å²) in [4.78, 5) is 16.5. The lowest BCUT2D eigenvalue weighted by atomic mass is 10.00. The van der Waals surface area contributed by atoms with Gasteiger partial charge in [0.2, 0.25) is 11.8 Å². The Bertz CT molecular complexity index is 615. The molecule has 2 aromatic heterocycles. The van der Waals surface area contributed by atoms with E-state index in [4.69, 9.17) is 4.42 Å². The van der Waals surface area contributed by atoms with Crippen LogP contribution in [0.5, 0.6) is 0 Å². The Balaban J connectivity index is 1.55. The highest BCUT2D eigenvalue weighted by Crippen LogP contribution is 2.24. The van der Waals surface area contributed by atoms with E-state index in [0.29, 0.717) is 11.8 Å². The minimum Gasteiger partial charge on any atom is -0.441 e. The van der Waals surface area contributed by atoms with Crippen LogP contribution in [0.1, 0.15) is 24.3 Å². The maximum atomic E-state index is 12.1. The van der Waals surface area contributed by atoms with Gasteiger partial charge in [-0.1, -0.05) is 0 Å². The van der Waals surface area contributed by atoms with Gasteiger partial charge in [0.15, 0.2) is 0 Å². The van der Waals surface area contributed by atoms with Crippen LogP contribution in [-0.2, 0) is 11.2 Å². The number of aromatic nitrogens is 1. The van der Waals surface area contributed by atoms with Crippen LogP contribution in [0.15, 0.2) is 21.2 Å². The van der Waals surface area contributed by atoms with E-state index >= 15 is 0 Å². The van der Waals surface area contributed by atoms with Gasteiger partial charge in [-0.2, -0.15) is 11.3 Å². The van der Waals surface area contributed by atoms with Crippen LogP contribution >= 0.6 is 11.3 Å². The molecule has 5 nitrogen and oxygen atoms in total. The highest BCUT2D eigenvalue weighted by atomic mass is 32.1. The fourth-order valence-corrected chi connectivity index (χ4v) is 3.30. The van der Waals surface area contributed by atoms with Gasteiger partial charge in [0.25, 0.3) is 0 Å². The monoisotopic (exact) mass is 319 g/mol. The van der Waals surface area contributed by atoms with Crippen molar-refractivity contribution >= 4 is 17.2 Å². The summed E-state index contributed by atoms with van der Waals surface area (Å²) in [6.07, 6.45) is 2.64. The van der Waals surface area contributed by atoms with E-state index in [2.05, 4.69) is 15.6 Å². The van der Waals surface area contributed by atoms with Crippen LogP contribution in [0.2, 0.25) is 0 Å². The smallest absolute Gasteiger partial charge is 0.227 e. The fraction of sp³-hybridized carbons (Fsp3) is 0.500. The zero-order valence-electron chi connectivity index (χ0n) is 12.7. The maximum Gasteiger partial charge on any atom is 0.227 e. The largest absolute Gasteiger partial charge is 0.441 e. The first-order chi connectivity index (χ1) is 10.7. The number of thiophene rings is 1. The summed E-state index contributed by atoms with van der Waals surface area (Å²) in [5.74, 6) is 1.87. The summed E-state index contributed by atoms with van der Waals surface area (Å²) >= 11 is 1.60. The molecule has 1 unspecified atom stereocenters. The van der Waals surface area contributed by atoms with Crippen LogP contribution in [0.25, 0.3) is 11.5 Å². The summed E-state index contributed by atoms with van der Waals surface area (Å²) in [6.45, 7) is 4.68. The molecule has 2 N–H and O–H groups in total. The topological polar surface area (TPSA) is 67.2 Å². The number of aryl methyl sites for hydroxylation is 1. The molecule has 0 bridgehead atoms. The number of nitrogens with one attached hydrogen (secondary N) is 2. The Labute approximate surface area is 134 Å². The van der Waals surface area contributed by atoms with Crippen molar-refractivity contribution in [1.29, 1.82) is 0 Å². The average molecular weight is 319 g/mol. The molecule has 0 aromatic carbocycles. The molecule has 22 heavy (non-hydrogen) atoms. The third-order valence-corrected chi connectivity index (χ3v) is 4.66. The summed E-state index contributed by atoms with van der Waals surface area (Å²) < 4.78 is 5.66. The van der Waals surface area contributed by atoms with Crippen molar-refractivity contribution in [3.63, 3.8) is 0 Å². The van der Waals surface area contributed by atoms with Gasteiger partial charge in [-0.3, -0.25) is 4.79 Å². The Kier molecular flexibility index (Phi) is 4.90. The second-order valence-corrected chi connectivity index (χ2v) is 6.51. The number of rotatable bonds is 5. The molecule has 1 amide bonds. The van der Waals surface area contributed by atoms with Crippen molar-refractivity contribution in [2.45, 2.75) is 26.2 Å². The Morgan fingerprint density at radius 1 is 1.59 bits per heavy atom. The van der Waals surface area contributed by atoms with Crippen molar-refractivity contribution in [2.24, 2.45) is 5.92 Å². The number of nitrogens with zero attached hydrogens (tertiary/aromatic N) is 1. The van der Waals surface area contributed by atoms with Crippen LogP contribution in [-0.4, -0.2) is 30.5 Å². The molecule has 0 spiro atoms. The highest BCUT2D eigenvalue weighted by molar-refractivity contribution is 7.08. The lowest BCUT2D eigenvalue weighted by molar-refractivity contribution is -0.120. The lowest BCUT2D eigenvalue weighted by Gasteiger charge is -2.22. The predicted molar refractivity (Wildman–Crippen MR) is 86.9 cm³/mol. The number of carbonyl (C=O) groups excluding carboxylic acids is 1. The Hall–Kier alpha value is -1.66. The van der Waals surface area contributed by atoms with Crippen molar-refractivity contribution in [2.75, 3.05) is 19.6 Å². The van der Waals surface area contributed by atoms with Crippen molar-refractivity contribution < 1.29 is 9.21 Å². The van der Waals surface area contributed by atoms with E-state index in [1.807, 2.05) is 23.8 Å². The number of oxazole rings is 1. The Morgan fingerprint density at radius 3 is 3.23 bits per heavy atom. The molecular weight excluding hydrogens is 298 g/mol. The molecule has 1 aliphatic rings. The second-order valence-electron chi connectivity index (χ2n) is 5.73. The molecule has 118 valence electrons. The van der Waals surface area contributed by atoms with Crippen LogP contribution < -0.4 is 10.6 Å². The van der Waals surface area contributed by atoms with Gasteiger partial charge in [0.05, 0.1) is 12.1 Å². The van der Waals surface area contributed by atoms with Gasteiger partial charge in [-0.05, 0) is 50.2 Å². The van der Waals surface area contributed by atoms with Gasteiger partial charge >= 0.3 is 0 Å². The predicted octanol–water partition coefficient (Wildman–Crippen LogP) is 2.37. The van der Waals surface area contributed by atoms with E-state index in [-0.39, 0.29) is 12.3 Å². The SMILES string of the molecule is Cc1oc(-c2ccsc2)nc1CC(=O)NCC1CCCNC1. The quantitative estimate of drug-likeness (QED) is 0.888. The van der Waals surface area contributed by atoms with Crippen LogP contribution in [0.3, 0.4) is 0 Å². The zero-order chi connectivity index (χ0) is 15.4. The molecule has 1 fully saturated rings. The molecule has 0 aliphatic carbocycles. The number of piperidine rings is 1. The lowest BCUT2D eigenvalue weighted by Crippen LogP contribution is -2.38. The van der Waals surface area contributed by atoms with Gasteiger partial charge in [-0.15, -0.1) is 0 Å². The Morgan fingerprint density at radius 2 is 2.50 bits per heavy atom. The second kappa shape index (κ2) is 7.07. The van der Waals surface area contributed by atoms with Crippen molar-refractivity contribution in [1.82, 2.24) is 15.6 Å². The molecule has 0 radical (unpaired) electrons. The minimum absolute atomic E-state index is 0.0128. The molecule has 1 saturated heterocycles. The normalized spacial score (nSPS) is 18.3. The molecule has 2 aromatic rings. The highest BCUT2D eigenvalue weighted by Gasteiger charge is 2.17. The van der Waals surface area contributed by atoms with Crippen LogP contribution in [0, 0.1) is 12.8 Å². The third kappa shape index (κ3) is 3.75. The molecule has 6 heteroatoms. The number of carbonyl (C=O) groups is 1. The van der Waals surface area contributed by atoms with Gasteiger partial charge < -0.3 is 15.1 Å². The first-order valence-corrected chi connectivity index (χ1v) is 8.63. The molecule has 3 rings (SSSR count). The van der Waals surface area contributed by atoms with Gasteiger partial charge in [0.1, 0.15) is 5.76 Å².